The molecule has 1 unspecified atom stereocenters. The van der Waals surface area contributed by atoms with E-state index in [1.807, 2.05) is 18.7 Å². The van der Waals surface area contributed by atoms with Crippen LogP contribution in [0.3, 0.4) is 0 Å². The number of anilines is 1. The number of nitrogens with one attached hydrogen (secondary N) is 1. The summed E-state index contributed by atoms with van der Waals surface area (Å²) in [5.74, 6) is 2.50. The standard InChI is InChI=1S/C10H21N5/c1-8(6-7-11)4-5-9-13-14-10(12-2)15(9)3/h8H,4-7,11H2,1-3H3,(H,12,14). The van der Waals surface area contributed by atoms with Crippen molar-refractivity contribution >= 4 is 5.95 Å². The third-order valence-electron chi connectivity index (χ3n) is 2.71. The van der Waals surface area contributed by atoms with Crippen molar-refractivity contribution in [2.75, 3.05) is 18.9 Å². The lowest BCUT2D eigenvalue weighted by Crippen LogP contribution is -2.08. The van der Waals surface area contributed by atoms with Gasteiger partial charge in [-0.1, -0.05) is 6.92 Å². The molecule has 5 heteroatoms. The molecule has 0 bridgehead atoms. The molecule has 1 heterocycles. The molecule has 0 fully saturated rings. The summed E-state index contributed by atoms with van der Waals surface area (Å²) in [7, 11) is 3.83. The van der Waals surface area contributed by atoms with E-state index >= 15 is 0 Å². The van der Waals surface area contributed by atoms with E-state index in [1.54, 1.807) is 0 Å². The first-order valence-corrected chi connectivity index (χ1v) is 5.45. The quantitative estimate of drug-likeness (QED) is 0.729. The molecule has 86 valence electrons. The van der Waals surface area contributed by atoms with Crippen LogP contribution in [-0.2, 0) is 13.5 Å². The van der Waals surface area contributed by atoms with Gasteiger partial charge in [-0.15, -0.1) is 10.2 Å². The largest absolute Gasteiger partial charge is 0.357 e. The number of aromatic nitrogens is 3. The smallest absolute Gasteiger partial charge is 0.224 e. The van der Waals surface area contributed by atoms with Crippen molar-refractivity contribution in [3.8, 4) is 0 Å². The second-order valence-corrected chi connectivity index (χ2v) is 3.97. The van der Waals surface area contributed by atoms with Gasteiger partial charge in [0.25, 0.3) is 0 Å². The third-order valence-corrected chi connectivity index (χ3v) is 2.71. The molecule has 0 aromatic carbocycles. The average molecular weight is 211 g/mol. The van der Waals surface area contributed by atoms with E-state index in [4.69, 9.17) is 5.73 Å². The van der Waals surface area contributed by atoms with Crippen LogP contribution in [0.25, 0.3) is 0 Å². The molecule has 0 saturated heterocycles. The van der Waals surface area contributed by atoms with E-state index in [0.717, 1.165) is 37.6 Å². The Morgan fingerprint density at radius 3 is 2.67 bits per heavy atom. The second kappa shape index (κ2) is 5.70. The van der Waals surface area contributed by atoms with Gasteiger partial charge in [0, 0.05) is 20.5 Å². The fourth-order valence-electron chi connectivity index (χ4n) is 1.60. The van der Waals surface area contributed by atoms with Gasteiger partial charge in [-0.2, -0.15) is 0 Å². The molecule has 0 spiro atoms. The summed E-state index contributed by atoms with van der Waals surface area (Å²) in [6.07, 6.45) is 3.16. The molecule has 0 aliphatic rings. The third kappa shape index (κ3) is 3.20. The highest BCUT2D eigenvalue weighted by Gasteiger charge is 2.08. The molecule has 0 amide bonds. The van der Waals surface area contributed by atoms with Gasteiger partial charge >= 0.3 is 0 Å². The predicted octanol–water partition coefficient (Wildman–Crippen LogP) is 0.774. The fraction of sp³-hybridized carbons (Fsp3) is 0.800. The Morgan fingerprint density at radius 2 is 2.13 bits per heavy atom. The summed E-state index contributed by atoms with van der Waals surface area (Å²) >= 11 is 0. The number of hydrogen-bond acceptors (Lipinski definition) is 4. The summed E-state index contributed by atoms with van der Waals surface area (Å²) < 4.78 is 2.00. The van der Waals surface area contributed by atoms with Gasteiger partial charge in [0.15, 0.2) is 0 Å². The lowest BCUT2D eigenvalue weighted by molar-refractivity contribution is 0.489. The Morgan fingerprint density at radius 1 is 1.40 bits per heavy atom. The lowest BCUT2D eigenvalue weighted by Gasteiger charge is -2.09. The van der Waals surface area contributed by atoms with Gasteiger partial charge < -0.3 is 15.6 Å². The molecule has 1 rings (SSSR count). The number of nitrogens with two attached hydrogens (primary N) is 1. The fourth-order valence-corrected chi connectivity index (χ4v) is 1.60. The van der Waals surface area contributed by atoms with E-state index in [0.29, 0.717) is 5.92 Å². The van der Waals surface area contributed by atoms with Crippen LogP contribution in [0.2, 0.25) is 0 Å². The average Bonchev–Trinajstić information content (AvgIpc) is 2.57. The van der Waals surface area contributed by atoms with E-state index in [2.05, 4.69) is 22.4 Å². The Balaban J connectivity index is 2.47. The van der Waals surface area contributed by atoms with Gasteiger partial charge in [-0.3, -0.25) is 0 Å². The minimum Gasteiger partial charge on any atom is -0.357 e. The minimum absolute atomic E-state index is 0.657. The molecule has 0 saturated carbocycles. The summed E-state index contributed by atoms with van der Waals surface area (Å²) in [5.41, 5.74) is 5.51. The maximum atomic E-state index is 5.51. The van der Waals surface area contributed by atoms with Crippen LogP contribution >= 0.6 is 0 Å². The van der Waals surface area contributed by atoms with Gasteiger partial charge in [0.05, 0.1) is 0 Å². The van der Waals surface area contributed by atoms with Crippen LogP contribution in [0.5, 0.6) is 0 Å². The number of aryl methyl sites for hydroxylation is 1. The van der Waals surface area contributed by atoms with Crippen molar-refractivity contribution in [1.29, 1.82) is 0 Å². The highest BCUT2D eigenvalue weighted by Crippen LogP contribution is 2.12. The van der Waals surface area contributed by atoms with Crippen LogP contribution in [-0.4, -0.2) is 28.4 Å². The van der Waals surface area contributed by atoms with Gasteiger partial charge in [0.1, 0.15) is 5.82 Å². The zero-order chi connectivity index (χ0) is 11.3. The first-order valence-electron chi connectivity index (χ1n) is 5.45. The Hall–Kier alpha value is -1.10. The Kier molecular flexibility index (Phi) is 4.55. The molecule has 1 aromatic rings. The van der Waals surface area contributed by atoms with Crippen LogP contribution in [0, 0.1) is 5.92 Å². The molecule has 1 aromatic heterocycles. The topological polar surface area (TPSA) is 68.8 Å². The molecular formula is C10H21N5. The molecule has 0 aliphatic heterocycles. The molecule has 15 heavy (non-hydrogen) atoms. The number of rotatable bonds is 6. The lowest BCUT2D eigenvalue weighted by atomic mass is 10.0. The molecule has 0 aliphatic carbocycles. The van der Waals surface area contributed by atoms with Crippen LogP contribution in [0.1, 0.15) is 25.6 Å². The van der Waals surface area contributed by atoms with Crippen LogP contribution in [0.15, 0.2) is 0 Å². The first-order chi connectivity index (χ1) is 7.19. The summed E-state index contributed by atoms with van der Waals surface area (Å²) in [6, 6.07) is 0. The maximum Gasteiger partial charge on any atom is 0.224 e. The normalized spacial score (nSPS) is 12.8. The number of nitrogens with zero attached hydrogens (tertiary/aromatic N) is 3. The molecular weight excluding hydrogens is 190 g/mol. The van der Waals surface area contributed by atoms with E-state index in [-0.39, 0.29) is 0 Å². The van der Waals surface area contributed by atoms with Gasteiger partial charge in [-0.25, -0.2) is 0 Å². The minimum atomic E-state index is 0.657. The van der Waals surface area contributed by atoms with Crippen molar-refractivity contribution in [3.63, 3.8) is 0 Å². The Bertz CT molecular complexity index is 294. The zero-order valence-corrected chi connectivity index (χ0v) is 9.82. The summed E-state index contributed by atoms with van der Waals surface area (Å²) in [4.78, 5) is 0. The van der Waals surface area contributed by atoms with Crippen molar-refractivity contribution < 1.29 is 0 Å². The number of hydrogen-bond donors (Lipinski definition) is 2. The second-order valence-electron chi connectivity index (χ2n) is 3.97. The SMILES string of the molecule is CNc1nnc(CCC(C)CCN)n1C. The van der Waals surface area contributed by atoms with E-state index < -0.39 is 0 Å². The molecule has 1 atom stereocenters. The molecule has 0 radical (unpaired) electrons. The summed E-state index contributed by atoms with van der Waals surface area (Å²) in [6.45, 7) is 2.99. The van der Waals surface area contributed by atoms with E-state index in [9.17, 15) is 0 Å². The monoisotopic (exact) mass is 211 g/mol. The first kappa shape index (κ1) is 12.0. The zero-order valence-electron chi connectivity index (χ0n) is 9.82. The molecule has 5 nitrogen and oxygen atoms in total. The van der Waals surface area contributed by atoms with Gasteiger partial charge in [-0.05, 0) is 25.3 Å². The Labute approximate surface area is 91.1 Å². The van der Waals surface area contributed by atoms with Crippen LogP contribution < -0.4 is 11.1 Å². The van der Waals surface area contributed by atoms with Crippen molar-refractivity contribution in [2.45, 2.75) is 26.2 Å². The van der Waals surface area contributed by atoms with E-state index in [1.165, 1.54) is 0 Å². The van der Waals surface area contributed by atoms with Gasteiger partial charge in [0.2, 0.25) is 5.95 Å². The van der Waals surface area contributed by atoms with Crippen molar-refractivity contribution in [2.24, 2.45) is 18.7 Å². The van der Waals surface area contributed by atoms with Crippen molar-refractivity contribution in [3.05, 3.63) is 5.82 Å². The maximum absolute atomic E-state index is 5.51. The molecule has 3 N–H and O–H groups in total. The predicted molar refractivity (Wildman–Crippen MR) is 61.7 cm³/mol. The highest BCUT2D eigenvalue weighted by molar-refractivity contribution is 5.23. The highest BCUT2D eigenvalue weighted by atomic mass is 15.3. The van der Waals surface area contributed by atoms with Crippen LogP contribution in [0.4, 0.5) is 5.95 Å². The van der Waals surface area contributed by atoms with Crippen molar-refractivity contribution in [1.82, 2.24) is 14.8 Å². The summed E-state index contributed by atoms with van der Waals surface area (Å²) in [5, 5.41) is 11.2.